The van der Waals surface area contributed by atoms with Gasteiger partial charge in [0.15, 0.2) is 6.61 Å². The summed E-state index contributed by atoms with van der Waals surface area (Å²) in [4.78, 5) is 24.6. The molecule has 0 N–H and O–H groups in total. The zero-order chi connectivity index (χ0) is 19.9. The van der Waals surface area contributed by atoms with E-state index in [4.69, 9.17) is 9.47 Å². The molecule has 0 bridgehead atoms. The lowest BCUT2D eigenvalue weighted by Gasteiger charge is -2.09. The number of Topliss-reactive ketones (excluding diaryl/α,β-unsaturated/α-hetero) is 1. The predicted molar refractivity (Wildman–Crippen MR) is 108 cm³/mol. The summed E-state index contributed by atoms with van der Waals surface area (Å²) in [6, 6.07) is 22.1. The first-order valence-corrected chi connectivity index (χ1v) is 9.07. The van der Waals surface area contributed by atoms with Gasteiger partial charge >= 0.3 is 5.97 Å². The highest BCUT2D eigenvalue weighted by Crippen LogP contribution is 2.14. The van der Waals surface area contributed by atoms with E-state index in [2.05, 4.69) is 0 Å². The number of hydrogen-bond acceptors (Lipinski definition) is 4. The minimum Gasteiger partial charge on any atom is -0.489 e. The number of hydrogen-bond donors (Lipinski definition) is 0. The summed E-state index contributed by atoms with van der Waals surface area (Å²) >= 11 is 0. The molecule has 4 nitrogen and oxygen atoms in total. The molecule has 0 aromatic heterocycles. The second-order valence-electron chi connectivity index (χ2n) is 6.62. The summed E-state index contributed by atoms with van der Waals surface area (Å²) in [6.45, 7) is 3.92. The molecule has 0 aliphatic carbocycles. The highest BCUT2D eigenvalue weighted by Gasteiger charge is 2.14. The molecule has 0 unspecified atom stereocenters. The van der Waals surface area contributed by atoms with Gasteiger partial charge in [-0.3, -0.25) is 4.79 Å². The number of benzene rings is 3. The molecule has 0 atom stereocenters. The molecule has 0 aliphatic rings. The first-order chi connectivity index (χ1) is 13.5. The fourth-order valence-corrected chi connectivity index (χ4v) is 2.75. The molecular formula is C24H22O4. The van der Waals surface area contributed by atoms with Gasteiger partial charge in [-0.05, 0) is 55.3 Å². The fourth-order valence-electron chi connectivity index (χ4n) is 2.75. The average molecular weight is 374 g/mol. The summed E-state index contributed by atoms with van der Waals surface area (Å²) < 4.78 is 10.9. The third-order valence-electron chi connectivity index (χ3n) is 4.37. The van der Waals surface area contributed by atoms with E-state index in [0.29, 0.717) is 17.7 Å². The predicted octanol–water partition coefficient (Wildman–Crippen LogP) is 4.92. The van der Waals surface area contributed by atoms with Gasteiger partial charge in [-0.15, -0.1) is 0 Å². The van der Waals surface area contributed by atoms with Crippen molar-refractivity contribution < 1.29 is 19.1 Å². The molecule has 3 rings (SSSR count). The highest BCUT2D eigenvalue weighted by atomic mass is 16.5. The van der Waals surface area contributed by atoms with E-state index in [-0.39, 0.29) is 12.4 Å². The van der Waals surface area contributed by atoms with Crippen LogP contribution >= 0.6 is 0 Å². The quantitative estimate of drug-likeness (QED) is 0.435. The monoisotopic (exact) mass is 374 g/mol. The molecule has 0 fully saturated rings. The van der Waals surface area contributed by atoms with Gasteiger partial charge in [0.2, 0.25) is 5.78 Å². The SMILES string of the molecule is Cc1ccc(C)c(C(=O)COC(=O)c2ccc(COc3ccccc3)cc2)c1. The Kier molecular flexibility index (Phi) is 6.22. The van der Waals surface area contributed by atoms with Crippen molar-refractivity contribution in [3.8, 4) is 5.75 Å². The van der Waals surface area contributed by atoms with Crippen LogP contribution in [0.1, 0.15) is 37.4 Å². The Morgan fingerprint density at radius 2 is 1.57 bits per heavy atom. The molecule has 0 amide bonds. The number of para-hydroxylation sites is 1. The number of ketones is 1. The summed E-state index contributed by atoms with van der Waals surface area (Å²) in [6.07, 6.45) is 0. The van der Waals surface area contributed by atoms with Crippen molar-refractivity contribution in [2.45, 2.75) is 20.5 Å². The summed E-state index contributed by atoms with van der Waals surface area (Å²) in [7, 11) is 0. The molecule has 3 aromatic rings. The van der Waals surface area contributed by atoms with Gasteiger partial charge in [0.25, 0.3) is 0 Å². The Balaban J connectivity index is 1.54. The lowest BCUT2D eigenvalue weighted by Crippen LogP contribution is -2.15. The van der Waals surface area contributed by atoms with E-state index in [9.17, 15) is 9.59 Å². The largest absolute Gasteiger partial charge is 0.489 e. The van der Waals surface area contributed by atoms with Crippen LogP contribution < -0.4 is 4.74 Å². The number of esters is 1. The fraction of sp³-hybridized carbons (Fsp3) is 0.167. The maximum atomic E-state index is 12.3. The van der Waals surface area contributed by atoms with Gasteiger partial charge in [-0.2, -0.15) is 0 Å². The van der Waals surface area contributed by atoms with Gasteiger partial charge in [-0.25, -0.2) is 4.79 Å². The van der Waals surface area contributed by atoms with Crippen LogP contribution in [0.2, 0.25) is 0 Å². The minimum atomic E-state index is -0.519. The van der Waals surface area contributed by atoms with Crippen LogP contribution in [0.5, 0.6) is 5.75 Å². The van der Waals surface area contributed by atoms with E-state index in [1.807, 2.05) is 74.5 Å². The normalized spacial score (nSPS) is 10.4. The van der Waals surface area contributed by atoms with Crippen molar-refractivity contribution in [1.82, 2.24) is 0 Å². The summed E-state index contributed by atoms with van der Waals surface area (Å²) in [5.41, 5.74) is 3.79. The molecule has 142 valence electrons. The van der Waals surface area contributed by atoms with Gasteiger partial charge in [0.1, 0.15) is 12.4 Å². The molecule has 0 saturated heterocycles. The van der Waals surface area contributed by atoms with Crippen LogP contribution in [0.3, 0.4) is 0 Å². The Morgan fingerprint density at radius 3 is 2.29 bits per heavy atom. The van der Waals surface area contributed by atoms with E-state index in [1.165, 1.54) is 0 Å². The Labute approximate surface area is 164 Å². The van der Waals surface area contributed by atoms with Gasteiger partial charge < -0.3 is 9.47 Å². The van der Waals surface area contributed by atoms with Crippen LogP contribution in [0, 0.1) is 13.8 Å². The van der Waals surface area contributed by atoms with Crippen molar-refractivity contribution in [3.05, 3.63) is 101 Å². The second-order valence-corrected chi connectivity index (χ2v) is 6.62. The lowest BCUT2D eigenvalue weighted by molar-refractivity contribution is 0.0474. The molecule has 0 radical (unpaired) electrons. The first-order valence-electron chi connectivity index (χ1n) is 9.07. The topological polar surface area (TPSA) is 52.6 Å². The molecule has 4 heteroatoms. The van der Waals surface area contributed by atoms with Gasteiger partial charge in [0.05, 0.1) is 5.56 Å². The average Bonchev–Trinajstić information content (AvgIpc) is 2.73. The third kappa shape index (κ3) is 5.07. The van der Waals surface area contributed by atoms with Crippen LogP contribution in [-0.2, 0) is 11.3 Å². The van der Waals surface area contributed by atoms with Crippen molar-refractivity contribution in [3.63, 3.8) is 0 Å². The highest BCUT2D eigenvalue weighted by molar-refractivity contribution is 6.00. The zero-order valence-corrected chi connectivity index (χ0v) is 16.0. The van der Waals surface area contributed by atoms with Crippen LogP contribution in [0.25, 0.3) is 0 Å². The molecular weight excluding hydrogens is 352 g/mol. The maximum absolute atomic E-state index is 12.3. The van der Waals surface area contributed by atoms with Crippen LogP contribution in [0.15, 0.2) is 72.8 Å². The van der Waals surface area contributed by atoms with E-state index in [0.717, 1.165) is 22.4 Å². The standard InChI is InChI=1S/C24H22O4/c1-17-8-9-18(2)22(14-17)23(25)16-28-24(26)20-12-10-19(11-13-20)15-27-21-6-4-3-5-7-21/h3-14H,15-16H2,1-2H3. The Bertz CT molecular complexity index is 960. The molecule has 0 heterocycles. The number of carbonyl (C=O) groups excluding carboxylic acids is 2. The zero-order valence-electron chi connectivity index (χ0n) is 16.0. The maximum Gasteiger partial charge on any atom is 0.338 e. The number of carbonyl (C=O) groups is 2. The van der Waals surface area contributed by atoms with E-state index >= 15 is 0 Å². The lowest BCUT2D eigenvalue weighted by atomic mass is 10.0. The Morgan fingerprint density at radius 1 is 0.857 bits per heavy atom. The number of aryl methyl sites for hydroxylation is 2. The van der Waals surface area contributed by atoms with Crippen molar-refractivity contribution in [1.29, 1.82) is 0 Å². The number of ether oxygens (including phenoxy) is 2. The first kappa shape index (κ1) is 19.4. The minimum absolute atomic E-state index is 0.206. The second kappa shape index (κ2) is 9.00. The van der Waals surface area contributed by atoms with Gasteiger partial charge in [-0.1, -0.05) is 48.0 Å². The smallest absolute Gasteiger partial charge is 0.338 e. The summed E-state index contributed by atoms with van der Waals surface area (Å²) in [5, 5.41) is 0. The van der Waals surface area contributed by atoms with E-state index in [1.54, 1.807) is 12.1 Å². The summed E-state index contributed by atoms with van der Waals surface area (Å²) in [5.74, 6) is 0.0626. The van der Waals surface area contributed by atoms with E-state index < -0.39 is 5.97 Å². The molecule has 3 aromatic carbocycles. The van der Waals surface area contributed by atoms with Crippen molar-refractivity contribution >= 4 is 11.8 Å². The molecule has 0 spiro atoms. The van der Waals surface area contributed by atoms with Crippen LogP contribution in [-0.4, -0.2) is 18.4 Å². The molecule has 28 heavy (non-hydrogen) atoms. The van der Waals surface area contributed by atoms with Crippen molar-refractivity contribution in [2.75, 3.05) is 6.61 Å². The van der Waals surface area contributed by atoms with Crippen LogP contribution in [0.4, 0.5) is 0 Å². The van der Waals surface area contributed by atoms with Crippen molar-refractivity contribution in [2.24, 2.45) is 0 Å². The number of rotatable bonds is 7. The molecule has 0 aliphatic heterocycles. The molecule has 0 saturated carbocycles. The van der Waals surface area contributed by atoms with Gasteiger partial charge in [0, 0.05) is 5.56 Å². The Hall–Kier alpha value is -3.40. The third-order valence-corrected chi connectivity index (χ3v) is 4.37.